The van der Waals surface area contributed by atoms with E-state index in [1.54, 1.807) is 35.6 Å². The van der Waals surface area contributed by atoms with E-state index in [1.165, 1.54) is 16.8 Å². The van der Waals surface area contributed by atoms with Crippen LogP contribution in [0.4, 0.5) is 5.69 Å². The smallest absolute Gasteiger partial charge is 0.306 e. The lowest BCUT2D eigenvalue weighted by molar-refractivity contribution is -0.384. The van der Waals surface area contributed by atoms with Gasteiger partial charge < -0.3 is 9.52 Å². The fourth-order valence-corrected chi connectivity index (χ4v) is 3.88. The second-order valence-corrected chi connectivity index (χ2v) is 7.50. The Morgan fingerprint density at radius 3 is 2.61 bits per heavy atom. The molecule has 1 unspecified atom stereocenters. The number of fused-ring (bicyclic) bond motifs is 3. The van der Waals surface area contributed by atoms with Gasteiger partial charge in [-0.05, 0) is 37.2 Å². The molecule has 1 aromatic carbocycles. The Labute approximate surface area is 179 Å². The largest absolute Gasteiger partial charge is 0.481 e. The molecule has 3 heterocycles. The Kier molecular flexibility index (Phi) is 5.19. The average Bonchev–Trinajstić information content (AvgIpc) is 3.30. The van der Waals surface area contributed by atoms with Gasteiger partial charge in [0.15, 0.2) is 10.4 Å². The topological polar surface area (TPSA) is 136 Å². The number of carbonyl (C=O) groups is 1. The van der Waals surface area contributed by atoms with Crippen LogP contribution < -0.4 is 5.56 Å². The van der Waals surface area contributed by atoms with Crippen molar-refractivity contribution < 1.29 is 19.2 Å². The third-order valence-corrected chi connectivity index (χ3v) is 5.69. The third-order valence-electron chi connectivity index (χ3n) is 5.29. The van der Waals surface area contributed by atoms with Gasteiger partial charge in [-0.1, -0.05) is 6.92 Å². The van der Waals surface area contributed by atoms with Crippen LogP contribution in [-0.4, -0.2) is 30.2 Å². The van der Waals surface area contributed by atoms with Crippen LogP contribution in [0.1, 0.15) is 19.8 Å². The first-order valence-electron chi connectivity index (χ1n) is 9.56. The number of carboxylic acids is 1. The molecule has 0 aliphatic heterocycles. The number of aryl methyl sites for hydroxylation is 1. The summed E-state index contributed by atoms with van der Waals surface area (Å²) < 4.78 is 9.22. The van der Waals surface area contributed by atoms with E-state index in [9.17, 15) is 24.8 Å². The molecule has 2 N–H and O–H groups in total. The second-order valence-electron chi connectivity index (χ2n) is 7.14. The molecule has 11 heteroatoms. The van der Waals surface area contributed by atoms with Gasteiger partial charge in [-0.15, -0.1) is 0 Å². The lowest BCUT2D eigenvalue weighted by Gasteiger charge is -2.12. The van der Waals surface area contributed by atoms with Crippen molar-refractivity contribution in [3.8, 4) is 11.3 Å². The predicted octanol–water partition coefficient (Wildman–Crippen LogP) is 3.98. The molecule has 0 spiro atoms. The Morgan fingerprint density at radius 2 is 2.00 bits per heavy atom. The molecule has 0 aliphatic rings. The average molecular weight is 442 g/mol. The van der Waals surface area contributed by atoms with Gasteiger partial charge in [-0.2, -0.15) is 0 Å². The van der Waals surface area contributed by atoms with Crippen molar-refractivity contribution in [2.45, 2.75) is 26.3 Å². The third kappa shape index (κ3) is 3.63. The van der Waals surface area contributed by atoms with E-state index in [2.05, 4.69) is 5.10 Å². The van der Waals surface area contributed by atoms with E-state index < -0.39 is 16.8 Å². The Morgan fingerprint density at radius 1 is 1.29 bits per heavy atom. The molecule has 0 fully saturated rings. The highest BCUT2D eigenvalue weighted by Gasteiger charge is 2.18. The van der Waals surface area contributed by atoms with Crippen molar-refractivity contribution in [3.05, 3.63) is 61.6 Å². The van der Waals surface area contributed by atoms with E-state index >= 15 is 0 Å². The van der Waals surface area contributed by atoms with Crippen LogP contribution in [0.3, 0.4) is 0 Å². The maximum Gasteiger partial charge on any atom is 0.306 e. The quantitative estimate of drug-likeness (QED) is 0.251. The second kappa shape index (κ2) is 7.84. The highest BCUT2D eigenvalue weighted by Crippen LogP contribution is 2.30. The zero-order chi connectivity index (χ0) is 22.3. The summed E-state index contributed by atoms with van der Waals surface area (Å²) in [7, 11) is 0. The summed E-state index contributed by atoms with van der Waals surface area (Å²) in [5.74, 6) is -0.940. The van der Waals surface area contributed by atoms with Crippen molar-refractivity contribution in [2.75, 3.05) is 0 Å². The number of hydrogen-bond acceptors (Lipinski definition) is 6. The van der Waals surface area contributed by atoms with Crippen LogP contribution >= 0.6 is 12.2 Å². The normalized spacial score (nSPS) is 12.4. The number of hydrogen-bond donors (Lipinski definition) is 2. The molecule has 0 amide bonds. The van der Waals surface area contributed by atoms with Crippen molar-refractivity contribution in [1.82, 2.24) is 14.2 Å². The number of aliphatic carboxylic acids is 1. The monoisotopic (exact) mass is 442 g/mol. The van der Waals surface area contributed by atoms with Gasteiger partial charge in [0.05, 0.1) is 16.4 Å². The number of aromatic amines is 1. The fourth-order valence-electron chi connectivity index (χ4n) is 3.54. The number of nitrogens with one attached hydrogen (secondary N) is 1. The molecular formula is C20H18N4O6S. The van der Waals surface area contributed by atoms with Crippen LogP contribution in [0.2, 0.25) is 0 Å². The molecule has 1 atom stereocenters. The predicted molar refractivity (Wildman–Crippen MR) is 115 cm³/mol. The van der Waals surface area contributed by atoms with Crippen molar-refractivity contribution in [1.29, 1.82) is 0 Å². The van der Waals surface area contributed by atoms with E-state index in [-0.39, 0.29) is 17.8 Å². The number of nitrogens with zero attached hydrogens (tertiary/aromatic N) is 3. The highest BCUT2D eigenvalue weighted by molar-refractivity contribution is 7.71. The minimum atomic E-state index is -0.886. The summed E-state index contributed by atoms with van der Waals surface area (Å²) in [5.41, 5.74) is 1.58. The lowest BCUT2D eigenvalue weighted by Crippen LogP contribution is -2.23. The molecule has 4 rings (SSSR count). The number of rotatable bonds is 7. The van der Waals surface area contributed by atoms with Crippen molar-refractivity contribution >= 4 is 40.5 Å². The van der Waals surface area contributed by atoms with E-state index in [0.717, 1.165) is 0 Å². The van der Waals surface area contributed by atoms with Gasteiger partial charge in [0.2, 0.25) is 0 Å². The number of aromatic nitrogens is 3. The molecular weight excluding hydrogens is 424 g/mol. The van der Waals surface area contributed by atoms with Gasteiger partial charge in [0.1, 0.15) is 11.3 Å². The Bertz CT molecular complexity index is 1430. The summed E-state index contributed by atoms with van der Waals surface area (Å²) in [6, 6.07) is 9.24. The number of non-ortho nitro benzene ring substituents is 1. The minimum Gasteiger partial charge on any atom is -0.481 e. The molecule has 0 saturated carbocycles. The molecule has 10 nitrogen and oxygen atoms in total. The number of nitro benzene ring substituents is 1. The molecule has 0 saturated heterocycles. The summed E-state index contributed by atoms with van der Waals surface area (Å²) in [6.07, 6.45) is 0.800. The van der Waals surface area contributed by atoms with Gasteiger partial charge in [0, 0.05) is 36.4 Å². The van der Waals surface area contributed by atoms with Gasteiger partial charge in [0.25, 0.3) is 11.2 Å². The van der Waals surface area contributed by atoms with Crippen LogP contribution in [0.15, 0.2) is 45.6 Å². The molecule has 160 valence electrons. The van der Waals surface area contributed by atoms with E-state index in [1.807, 2.05) is 0 Å². The number of H-pyrrole nitrogens is 1. The first-order chi connectivity index (χ1) is 14.8. The van der Waals surface area contributed by atoms with Gasteiger partial charge in [-0.25, -0.2) is 0 Å². The SMILES string of the molecule is CCC(CCn1[nH]c(=O)c2cc3oc(-c4ccc([N+](=O)[O-])cc4)cc3n2c1=S)C(=O)O. The number of carboxylic acid groups (broad SMARTS) is 1. The van der Waals surface area contributed by atoms with Crippen molar-refractivity contribution in [2.24, 2.45) is 5.92 Å². The standard InChI is InChI=1S/C20H18N4O6S/c1-2-11(19(26)27)7-8-22-20(31)23-14-9-16(12-3-5-13(6-4-12)24(28)29)30-17(14)10-15(23)18(25)21-22/h3-6,9-11H,2,7-8H2,1H3,(H,21,25)(H,26,27). The first-order valence-corrected chi connectivity index (χ1v) is 9.96. The van der Waals surface area contributed by atoms with Gasteiger partial charge in [-0.3, -0.25) is 33.9 Å². The zero-order valence-electron chi connectivity index (χ0n) is 16.4. The lowest BCUT2D eigenvalue weighted by atomic mass is 10.0. The zero-order valence-corrected chi connectivity index (χ0v) is 17.2. The summed E-state index contributed by atoms with van der Waals surface area (Å²) in [6.45, 7) is 2.05. The summed E-state index contributed by atoms with van der Waals surface area (Å²) in [5, 5.41) is 22.8. The summed E-state index contributed by atoms with van der Waals surface area (Å²) >= 11 is 5.55. The minimum absolute atomic E-state index is 0.0266. The molecule has 4 aromatic rings. The highest BCUT2D eigenvalue weighted by atomic mass is 32.1. The maximum atomic E-state index is 12.6. The fraction of sp³-hybridized carbons (Fsp3) is 0.250. The van der Waals surface area contributed by atoms with E-state index in [4.69, 9.17) is 16.6 Å². The molecule has 3 aromatic heterocycles. The van der Waals surface area contributed by atoms with Gasteiger partial charge >= 0.3 is 5.97 Å². The Balaban J connectivity index is 1.77. The number of benzene rings is 1. The number of furan rings is 1. The summed E-state index contributed by atoms with van der Waals surface area (Å²) in [4.78, 5) is 34.2. The Hall–Kier alpha value is -3.73. The van der Waals surface area contributed by atoms with Crippen LogP contribution in [0, 0.1) is 20.8 Å². The maximum absolute atomic E-state index is 12.6. The molecule has 0 radical (unpaired) electrons. The number of nitro groups is 1. The molecule has 0 bridgehead atoms. The van der Waals surface area contributed by atoms with Crippen LogP contribution in [0.5, 0.6) is 0 Å². The van der Waals surface area contributed by atoms with Crippen LogP contribution in [-0.2, 0) is 11.3 Å². The first kappa shape index (κ1) is 20.5. The van der Waals surface area contributed by atoms with E-state index in [0.29, 0.717) is 45.6 Å². The van der Waals surface area contributed by atoms with Crippen LogP contribution in [0.25, 0.3) is 27.9 Å². The molecule has 31 heavy (non-hydrogen) atoms. The molecule has 0 aliphatic carbocycles. The van der Waals surface area contributed by atoms with Crippen molar-refractivity contribution in [3.63, 3.8) is 0 Å².